The molecule has 4 unspecified atom stereocenters. The van der Waals surface area contributed by atoms with Crippen LogP contribution in [0.4, 0.5) is 5.69 Å². The van der Waals surface area contributed by atoms with Crippen LogP contribution in [0.25, 0.3) is 0 Å². The number of nitrogens with zero attached hydrogens (tertiary/aromatic N) is 1. The van der Waals surface area contributed by atoms with Crippen LogP contribution in [0.2, 0.25) is 5.02 Å². The molecule has 2 bridgehead atoms. The monoisotopic (exact) mass is 291 g/mol. The summed E-state index contributed by atoms with van der Waals surface area (Å²) in [5, 5.41) is 0.602. The number of halogens is 1. The van der Waals surface area contributed by atoms with Gasteiger partial charge in [-0.1, -0.05) is 23.8 Å². The molecule has 1 saturated heterocycles. The second-order valence-electron chi connectivity index (χ2n) is 5.49. The Morgan fingerprint density at radius 3 is 1.95 bits per heavy atom. The van der Waals surface area contributed by atoms with Crippen molar-refractivity contribution in [2.45, 2.75) is 6.42 Å². The summed E-state index contributed by atoms with van der Waals surface area (Å²) in [4.78, 5) is 26.4. The van der Waals surface area contributed by atoms with E-state index in [9.17, 15) is 9.59 Å². The largest absolute Gasteiger partial charge is 0.412 e. The van der Waals surface area contributed by atoms with Gasteiger partial charge in [0.15, 0.2) is 0 Å². The second-order valence-corrected chi connectivity index (χ2v) is 5.92. The number of benzene rings is 1. The number of carbonyl (C=O) groups excluding carboxylic acids is 2. The number of fused-ring (bicyclic) bond motifs is 5. The van der Waals surface area contributed by atoms with E-state index in [0.717, 1.165) is 6.42 Å². The first-order valence-electron chi connectivity index (χ1n) is 6.48. The van der Waals surface area contributed by atoms with E-state index in [2.05, 4.69) is 12.2 Å². The van der Waals surface area contributed by atoms with Crippen LogP contribution < -0.4 is 4.90 Å². The Morgan fingerprint density at radius 2 is 1.45 bits per heavy atom. The van der Waals surface area contributed by atoms with Gasteiger partial charge in [0.1, 0.15) is 0 Å². The third-order valence-electron chi connectivity index (χ3n) is 4.56. The van der Waals surface area contributed by atoms with Crippen LogP contribution in [0.1, 0.15) is 6.42 Å². The lowest BCUT2D eigenvalue weighted by Crippen LogP contribution is -2.32. The molecule has 2 aliphatic carbocycles. The van der Waals surface area contributed by atoms with Gasteiger partial charge >= 0.3 is 0 Å². The maximum Gasteiger partial charge on any atom is 0.238 e. The van der Waals surface area contributed by atoms with Gasteiger partial charge < -0.3 is 5.48 Å². The van der Waals surface area contributed by atoms with Crippen LogP contribution in [0.15, 0.2) is 36.4 Å². The molecule has 4 nitrogen and oxygen atoms in total. The lowest BCUT2D eigenvalue weighted by atomic mass is 9.85. The maximum atomic E-state index is 12.5. The maximum absolute atomic E-state index is 12.5. The summed E-state index contributed by atoms with van der Waals surface area (Å²) < 4.78 is 0. The zero-order valence-electron chi connectivity index (χ0n) is 10.6. The SMILES string of the molecule is O.O=C1C2C3C=CC(C3)C2C(=O)N1c1ccc(Cl)cc1. The predicted octanol–water partition coefficient (Wildman–Crippen LogP) is 1.83. The van der Waals surface area contributed by atoms with E-state index in [0.29, 0.717) is 10.7 Å². The minimum absolute atomic E-state index is 0. The molecule has 4 rings (SSSR count). The molecule has 1 aliphatic heterocycles. The quantitative estimate of drug-likeness (QED) is 0.585. The van der Waals surface area contributed by atoms with E-state index < -0.39 is 0 Å². The van der Waals surface area contributed by atoms with Gasteiger partial charge in [-0.05, 0) is 42.5 Å². The van der Waals surface area contributed by atoms with Crippen molar-refractivity contribution in [2.24, 2.45) is 23.7 Å². The van der Waals surface area contributed by atoms with E-state index in [4.69, 9.17) is 11.6 Å². The lowest BCUT2D eigenvalue weighted by molar-refractivity contribution is -0.123. The molecule has 104 valence electrons. The molecular formula is C15H14ClNO3. The topological polar surface area (TPSA) is 68.9 Å². The highest BCUT2D eigenvalue weighted by Crippen LogP contribution is 2.53. The Bertz CT molecular complexity index is 580. The molecule has 2 fully saturated rings. The molecule has 0 aromatic heterocycles. The average Bonchev–Trinajstić information content (AvgIpc) is 3.06. The van der Waals surface area contributed by atoms with Gasteiger partial charge in [-0.25, -0.2) is 0 Å². The number of anilines is 1. The number of rotatable bonds is 1. The number of amides is 2. The fourth-order valence-corrected chi connectivity index (χ4v) is 3.87. The van der Waals surface area contributed by atoms with Gasteiger partial charge in [-0.15, -0.1) is 0 Å². The van der Waals surface area contributed by atoms with E-state index in [-0.39, 0.29) is 41.0 Å². The smallest absolute Gasteiger partial charge is 0.238 e. The normalized spacial score (nSPS) is 33.5. The Kier molecular flexibility index (Phi) is 2.96. The number of imide groups is 1. The highest BCUT2D eigenvalue weighted by molar-refractivity contribution is 6.30. The van der Waals surface area contributed by atoms with Crippen molar-refractivity contribution in [2.75, 3.05) is 4.90 Å². The van der Waals surface area contributed by atoms with Gasteiger partial charge in [0.2, 0.25) is 11.8 Å². The third kappa shape index (κ3) is 1.58. The van der Waals surface area contributed by atoms with Crippen molar-refractivity contribution >= 4 is 29.1 Å². The first kappa shape index (κ1) is 13.3. The van der Waals surface area contributed by atoms with Gasteiger partial charge in [0, 0.05) is 5.02 Å². The summed E-state index contributed by atoms with van der Waals surface area (Å²) in [6.45, 7) is 0. The van der Waals surface area contributed by atoms with Crippen molar-refractivity contribution in [1.29, 1.82) is 0 Å². The summed E-state index contributed by atoms with van der Waals surface area (Å²) in [5.41, 5.74) is 0.633. The van der Waals surface area contributed by atoms with Crippen LogP contribution in [-0.2, 0) is 9.59 Å². The first-order valence-corrected chi connectivity index (χ1v) is 6.86. The highest BCUT2D eigenvalue weighted by Gasteiger charge is 2.59. The lowest BCUT2D eigenvalue weighted by Gasteiger charge is -2.17. The van der Waals surface area contributed by atoms with Crippen molar-refractivity contribution in [3.05, 3.63) is 41.4 Å². The summed E-state index contributed by atoms with van der Waals surface area (Å²) >= 11 is 5.84. The van der Waals surface area contributed by atoms with E-state index in [1.165, 1.54) is 4.90 Å². The van der Waals surface area contributed by atoms with Gasteiger partial charge in [-0.3, -0.25) is 14.5 Å². The second kappa shape index (κ2) is 4.43. The molecule has 1 aromatic carbocycles. The Balaban J connectivity index is 0.00000121. The molecule has 3 aliphatic rings. The highest BCUT2D eigenvalue weighted by atomic mass is 35.5. The molecular weight excluding hydrogens is 278 g/mol. The number of hydrogen-bond donors (Lipinski definition) is 0. The standard InChI is InChI=1S/C15H12ClNO2.H2O/c16-10-3-5-11(6-4-10)17-14(18)12-8-1-2-9(7-8)13(12)15(17)19;/h1-6,8-9,12-13H,7H2;1H2. The first-order chi connectivity index (χ1) is 9.16. The summed E-state index contributed by atoms with van der Waals surface area (Å²) in [5.74, 6) is 0.132. The van der Waals surface area contributed by atoms with Crippen molar-refractivity contribution in [3.63, 3.8) is 0 Å². The van der Waals surface area contributed by atoms with Crippen LogP contribution in [-0.4, -0.2) is 17.3 Å². The summed E-state index contributed by atoms with van der Waals surface area (Å²) in [6, 6.07) is 6.87. The molecule has 1 aromatic rings. The van der Waals surface area contributed by atoms with Gasteiger partial charge in [-0.2, -0.15) is 0 Å². The Labute approximate surface area is 121 Å². The zero-order valence-corrected chi connectivity index (χ0v) is 11.4. The van der Waals surface area contributed by atoms with E-state index in [1.54, 1.807) is 24.3 Å². The molecule has 2 amide bonds. The van der Waals surface area contributed by atoms with Crippen molar-refractivity contribution < 1.29 is 15.1 Å². The molecule has 2 N–H and O–H groups in total. The minimum Gasteiger partial charge on any atom is -0.412 e. The molecule has 0 radical (unpaired) electrons. The molecule has 20 heavy (non-hydrogen) atoms. The third-order valence-corrected chi connectivity index (χ3v) is 4.81. The van der Waals surface area contributed by atoms with E-state index >= 15 is 0 Å². The van der Waals surface area contributed by atoms with Crippen LogP contribution >= 0.6 is 11.6 Å². The molecule has 5 heteroatoms. The van der Waals surface area contributed by atoms with E-state index in [1.807, 2.05) is 0 Å². The Morgan fingerprint density at radius 1 is 0.950 bits per heavy atom. The van der Waals surface area contributed by atoms with Crippen molar-refractivity contribution in [1.82, 2.24) is 0 Å². The summed E-state index contributed by atoms with van der Waals surface area (Å²) in [7, 11) is 0. The Hall–Kier alpha value is -1.65. The molecule has 0 spiro atoms. The zero-order chi connectivity index (χ0) is 13.1. The minimum atomic E-state index is -0.141. The van der Waals surface area contributed by atoms with Crippen LogP contribution in [0.3, 0.4) is 0 Å². The predicted molar refractivity (Wildman–Crippen MR) is 75.3 cm³/mol. The number of carbonyl (C=O) groups is 2. The van der Waals surface area contributed by atoms with Gasteiger partial charge in [0.05, 0.1) is 17.5 Å². The fourth-order valence-electron chi connectivity index (χ4n) is 3.75. The summed E-state index contributed by atoms with van der Waals surface area (Å²) in [6.07, 6.45) is 5.16. The number of allylic oxidation sites excluding steroid dienone is 2. The molecule has 4 atom stereocenters. The molecule has 1 heterocycles. The van der Waals surface area contributed by atoms with Gasteiger partial charge in [0.25, 0.3) is 0 Å². The number of hydrogen-bond acceptors (Lipinski definition) is 2. The fraction of sp³-hybridized carbons (Fsp3) is 0.333. The average molecular weight is 292 g/mol. The van der Waals surface area contributed by atoms with Crippen LogP contribution in [0, 0.1) is 23.7 Å². The van der Waals surface area contributed by atoms with Crippen LogP contribution in [0.5, 0.6) is 0 Å². The van der Waals surface area contributed by atoms with Crippen molar-refractivity contribution in [3.8, 4) is 0 Å². The molecule has 1 saturated carbocycles.